The molecule has 0 saturated carbocycles. The van der Waals surface area contributed by atoms with Crippen LogP contribution in [0.25, 0.3) is 0 Å². The molecule has 25 heavy (non-hydrogen) atoms. The van der Waals surface area contributed by atoms with Gasteiger partial charge in [0, 0.05) is 12.8 Å². The zero-order chi connectivity index (χ0) is 19.0. The third-order valence-electron chi connectivity index (χ3n) is 3.67. The SMILES string of the molecule is CCCCCCOC(=O)CCCCCCCCC(=O)OCC(Cl)(Cl)Cl. The third kappa shape index (κ3) is 20.0. The van der Waals surface area contributed by atoms with Gasteiger partial charge < -0.3 is 9.47 Å². The molecule has 0 fully saturated rings. The van der Waals surface area contributed by atoms with Crippen molar-refractivity contribution in [2.45, 2.75) is 87.8 Å². The lowest BCUT2D eigenvalue weighted by Gasteiger charge is -2.11. The van der Waals surface area contributed by atoms with Gasteiger partial charge >= 0.3 is 11.9 Å². The molecule has 0 unspecified atom stereocenters. The normalized spacial score (nSPS) is 11.4. The minimum Gasteiger partial charge on any atom is -0.466 e. The molecule has 0 aromatic carbocycles. The Morgan fingerprint density at radius 1 is 0.720 bits per heavy atom. The topological polar surface area (TPSA) is 52.6 Å². The highest BCUT2D eigenvalue weighted by Gasteiger charge is 2.21. The van der Waals surface area contributed by atoms with Gasteiger partial charge in [-0.05, 0) is 19.3 Å². The van der Waals surface area contributed by atoms with Crippen LogP contribution in [0.4, 0.5) is 0 Å². The lowest BCUT2D eigenvalue weighted by atomic mass is 10.1. The van der Waals surface area contributed by atoms with Gasteiger partial charge in [0.1, 0.15) is 6.61 Å². The number of ether oxygens (including phenoxy) is 2. The lowest BCUT2D eigenvalue weighted by molar-refractivity contribution is -0.144. The fourth-order valence-corrected chi connectivity index (χ4v) is 2.43. The predicted molar refractivity (Wildman–Crippen MR) is 103 cm³/mol. The van der Waals surface area contributed by atoms with Gasteiger partial charge in [0.05, 0.1) is 6.61 Å². The first-order chi connectivity index (χ1) is 11.8. The monoisotopic (exact) mass is 416 g/mol. The Bertz CT molecular complexity index is 357. The van der Waals surface area contributed by atoms with Gasteiger partial charge in [-0.15, -0.1) is 0 Å². The molecule has 148 valence electrons. The van der Waals surface area contributed by atoms with E-state index in [1.54, 1.807) is 0 Å². The number of rotatable bonds is 15. The van der Waals surface area contributed by atoms with Crippen LogP contribution in [0, 0.1) is 0 Å². The van der Waals surface area contributed by atoms with E-state index in [0.717, 1.165) is 51.4 Å². The molecule has 0 aliphatic heterocycles. The minimum atomic E-state index is -1.55. The molecular weight excluding hydrogens is 387 g/mol. The van der Waals surface area contributed by atoms with E-state index in [9.17, 15) is 9.59 Å². The molecule has 0 heterocycles. The Morgan fingerprint density at radius 2 is 1.20 bits per heavy atom. The third-order valence-corrected chi connectivity index (χ3v) is 4.00. The van der Waals surface area contributed by atoms with Crippen molar-refractivity contribution in [2.75, 3.05) is 13.2 Å². The molecule has 0 bridgehead atoms. The number of carbonyl (C=O) groups excluding carboxylic acids is 2. The number of esters is 2. The zero-order valence-corrected chi connectivity index (χ0v) is 17.4. The van der Waals surface area contributed by atoms with Crippen molar-refractivity contribution in [2.24, 2.45) is 0 Å². The van der Waals surface area contributed by atoms with E-state index in [2.05, 4.69) is 6.92 Å². The molecule has 0 saturated heterocycles. The molecule has 0 amide bonds. The lowest BCUT2D eigenvalue weighted by Crippen LogP contribution is -2.17. The molecule has 0 aromatic heterocycles. The van der Waals surface area contributed by atoms with Crippen LogP contribution in [-0.2, 0) is 19.1 Å². The van der Waals surface area contributed by atoms with Crippen molar-refractivity contribution in [3.8, 4) is 0 Å². The summed E-state index contributed by atoms with van der Waals surface area (Å²) in [4.78, 5) is 22.9. The van der Waals surface area contributed by atoms with Gasteiger partial charge in [-0.25, -0.2) is 0 Å². The first-order valence-corrected chi connectivity index (χ1v) is 10.4. The smallest absolute Gasteiger partial charge is 0.305 e. The van der Waals surface area contributed by atoms with Gasteiger partial charge in [-0.3, -0.25) is 9.59 Å². The van der Waals surface area contributed by atoms with Crippen molar-refractivity contribution in [1.29, 1.82) is 0 Å². The van der Waals surface area contributed by atoms with Gasteiger partial charge in [0.2, 0.25) is 3.79 Å². The second-order valence-corrected chi connectivity index (χ2v) is 8.69. The fraction of sp³-hybridized carbons (Fsp3) is 0.889. The van der Waals surface area contributed by atoms with E-state index in [-0.39, 0.29) is 18.5 Å². The van der Waals surface area contributed by atoms with Crippen LogP contribution in [0.3, 0.4) is 0 Å². The molecule has 0 atom stereocenters. The first-order valence-electron chi connectivity index (χ1n) is 9.23. The van der Waals surface area contributed by atoms with E-state index in [4.69, 9.17) is 44.3 Å². The summed E-state index contributed by atoms with van der Waals surface area (Å²) in [5, 5.41) is 0. The first kappa shape index (κ1) is 24.8. The molecule has 0 N–H and O–H groups in total. The van der Waals surface area contributed by atoms with E-state index in [1.165, 1.54) is 12.8 Å². The Morgan fingerprint density at radius 3 is 1.72 bits per heavy atom. The highest BCUT2D eigenvalue weighted by molar-refractivity contribution is 6.67. The Hall–Kier alpha value is -0.190. The summed E-state index contributed by atoms with van der Waals surface area (Å²) >= 11 is 16.5. The highest BCUT2D eigenvalue weighted by Crippen LogP contribution is 2.26. The average Bonchev–Trinajstić information content (AvgIpc) is 2.54. The van der Waals surface area contributed by atoms with Crippen LogP contribution in [0.5, 0.6) is 0 Å². The number of alkyl halides is 3. The quantitative estimate of drug-likeness (QED) is 0.182. The van der Waals surface area contributed by atoms with Crippen LogP contribution >= 0.6 is 34.8 Å². The van der Waals surface area contributed by atoms with E-state index in [0.29, 0.717) is 19.4 Å². The van der Waals surface area contributed by atoms with Crippen molar-refractivity contribution < 1.29 is 19.1 Å². The predicted octanol–water partition coefficient (Wildman–Crippen LogP) is 6.14. The maximum atomic E-state index is 11.5. The Kier molecular flexibility index (Phi) is 15.9. The molecule has 7 heteroatoms. The highest BCUT2D eigenvalue weighted by atomic mass is 35.6. The fourth-order valence-electron chi connectivity index (χ4n) is 2.27. The summed E-state index contributed by atoms with van der Waals surface area (Å²) in [5.41, 5.74) is 0. The molecule has 0 spiro atoms. The van der Waals surface area contributed by atoms with E-state index in [1.807, 2.05) is 0 Å². The van der Waals surface area contributed by atoms with Crippen molar-refractivity contribution in [3.05, 3.63) is 0 Å². The summed E-state index contributed by atoms with van der Waals surface area (Å²) in [6.45, 7) is 2.49. The number of unbranched alkanes of at least 4 members (excludes halogenated alkanes) is 8. The summed E-state index contributed by atoms with van der Waals surface area (Å²) < 4.78 is 8.48. The van der Waals surface area contributed by atoms with Gasteiger partial charge in [-0.2, -0.15) is 0 Å². The second kappa shape index (κ2) is 16.0. The van der Waals surface area contributed by atoms with Gasteiger partial charge in [0.25, 0.3) is 0 Å². The molecule has 0 radical (unpaired) electrons. The number of halogens is 3. The molecule has 0 aromatic rings. The minimum absolute atomic E-state index is 0.0896. The Balaban J connectivity index is 3.33. The Labute approximate surface area is 166 Å². The van der Waals surface area contributed by atoms with Gasteiger partial charge in [-0.1, -0.05) is 86.7 Å². The summed E-state index contributed by atoms with van der Waals surface area (Å²) in [5.74, 6) is -0.429. The zero-order valence-electron chi connectivity index (χ0n) is 15.2. The number of hydrogen-bond donors (Lipinski definition) is 0. The number of hydrogen-bond acceptors (Lipinski definition) is 4. The molecule has 0 aliphatic carbocycles. The van der Waals surface area contributed by atoms with Crippen molar-refractivity contribution in [1.82, 2.24) is 0 Å². The molecule has 0 aliphatic rings. The van der Waals surface area contributed by atoms with Crippen molar-refractivity contribution in [3.63, 3.8) is 0 Å². The molecule has 4 nitrogen and oxygen atoms in total. The number of carbonyl (C=O) groups is 2. The summed E-state index contributed by atoms with van der Waals surface area (Å²) in [6, 6.07) is 0. The van der Waals surface area contributed by atoms with Crippen LogP contribution in [0.1, 0.15) is 84.0 Å². The standard InChI is InChI=1S/C18H31Cl3O4/c1-2-3-4-11-14-24-16(22)12-9-7-5-6-8-10-13-17(23)25-15-18(19,20)21/h2-15H2,1H3. The largest absolute Gasteiger partial charge is 0.466 e. The summed E-state index contributed by atoms with van der Waals surface area (Å²) in [6.07, 6.45) is 11.0. The molecular formula is C18H31Cl3O4. The van der Waals surface area contributed by atoms with Crippen molar-refractivity contribution >= 4 is 46.7 Å². The van der Waals surface area contributed by atoms with Crippen LogP contribution in [-0.4, -0.2) is 28.9 Å². The second-order valence-electron chi connectivity index (χ2n) is 6.18. The van der Waals surface area contributed by atoms with E-state index < -0.39 is 3.79 Å². The maximum Gasteiger partial charge on any atom is 0.305 e. The molecule has 0 rings (SSSR count). The van der Waals surface area contributed by atoms with Gasteiger partial charge in [0.15, 0.2) is 0 Å². The summed E-state index contributed by atoms with van der Waals surface area (Å²) in [7, 11) is 0. The van der Waals surface area contributed by atoms with E-state index >= 15 is 0 Å². The van der Waals surface area contributed by atoms with Crippen LogP contribution in [0.15, 0.2) is 0 Å². The van der Waals surface area contributed by atoms with Crippen LogP contribution < -0.4 is 0 Å². The van der Waals surface area contributed by atoms with Crippen LogP contribution in [0.2, 0.25) is 0 Å². The maximum absolute atomic E-state index is 11.5. The average molecular weight is 418 g/mol.